The number of phenols is 1. The molecule has 124 valence electrons. The number of nitrogens with two attached hydrogens (primary N) is 1. The Morgan fingerprint density at radius 2 is 2.21 bits per heavy atom. The third kappa shape index (κ3) is 3.31. The number of aromatic nitrogens is 1. The van der Waals surface area contributed by atoms with Gasteiger partial charge < -0.3 is 25.3 Å². The van der Waals surface area contributed by atoms with Gasteiger partial charge in [0.1, 0.15) is 17.1 Å². The van der Waals surface area contributed by atoms with Crippen LogP contribution in [0.2, 0.25) is 0 Å². The van der Waals surface area contributed by atoms with Gasteiger partial charge in [-0.2, -0.15) is 0 Å². The van der Waals surface area contributed by atoms with Gasteiger partial charge in [-0.05, 0) is 24.3 Å². The van der Waals surface area contributed by atoms with Gasteiger partial charge in [-0.15, -0.1) is 0 Å². The summed E-state index contributed by atoms with van der Waals surface area (Å²) in [7, 11) is 1.55. The number of carbonyl (C=O) groups is 1. The molecule has 1 aromatic carbocycles. The van der Waals surface area contributed by atoms with E-state index in [0.717, 1.165) is 5.39 Å². The Morgan fingerprint density at radius 1 is 1.38 bits per heavy atom. The fraction of sp³-hybridized carbons (Fsp3) is 0.176. The first-order valence-corrected chi connectivity index (χ1v) is 7.30. The Morgan fingerprint density at radius 3 is 2.96 bits per heavy atom. The van der Waals surface area contributed by atoms with Gasteiger partial charge in [-0.1, -0.05) is 0 Å². The van der Waals surface area contributed by atoms with E-state index in [9.17, 15) is 9.90 Å². The normalized spacial score (nSPS) is 10.9. The molecule has 0 spiro atoms. The fourth-order valence-electron chi connectivity index (χ4n) is 2.32. The van der Waals surface area contributed by atoms with E-state index in [2.05, 4.69) is 10.3 Å². The topological polar surface area (TPSA) is 111 Å². The Bertz CT molecular complexity index is 889. The molecule has 0 radical (unpaired) electrons. The number of anilines is 1. The molecule has 3 aromatic rings. The molecule has 2 aromatic heterocycles. The minimum atomic E-state index is -0.304. The smallest absolute Gasteiger partial charge is 0.253 e. The molecule has 2 heterocycles. The quantitative estimate of drug-likeness (QED) is 0.662. The van der Waals surface area contributed by atoms with Gasteiger partial charge in [0.05, 0.1) is 30.1 Å². The number of pyridine rings is 1. The second kappa shape index (κ2) is 6.59. The van der Waals surface area contributed by atoms with E-state index in [1.165, 1.54) is 12.3 Å². The van der Waals surface area contributed by atoms with Crippen LogP contribution in [0, 0.1) is 0 Å². The van der Waals surface area contributed by atoms with Crippen LogP contribution >= 0.6 is 0 Å². The maximum absolute atomic E-state index is 12.2. The standard InChI is InChI=1S/C17H17N3O4/c1-23-9-15-14(18)5-11(7-19-15)17(22)20-8-13-4-10-2-3-12(21)6-16(10)24-13/h2-7,21H,8-9,18H2,1H3,(H,20,22). The highest BCUT2D eigenvalue weighted by atomic mass is 16.5. The average molecular weight is 327 g/mol. The Hall–Kier alpha value is -3.06. The van der Waals surface area contributed by atoms with Crippen LogP contribution in [0.4, 0.5) is 5.69 Å². The highest BCUT2D eigenvalue weighted by Crippen LogP contribution is 2.23. The summed E-state index contributed by atoms with van der Waals surface area (Å²) in [4.78, 5) is 16.3. The van der Waals surface area contributed by atoms with Crippen molar-refractivity contribution in [2.45, 2.75) is 13.2 Å². The van der Waals surface area contributed by atoms with Gasteiger partial charge in [-0.3, -0.25) is 9.78 Å². The number of nitrogens with one attached hydrogen (secondary N) is 1. The number of amides is 1. The lowest BCUT2D eigenvalue weighted by molar-refractivity contribution is 0.0947. The third-order valence-electron chi connectivity index (χ3n) is 3.52. The first-order valence-electron chi connectivity index (χ1n) is 7.30. The molecule has 0 atom stereocenters. The van der Waals surface area contributed by atoms with Crippen molar-refractivity contribution < 1.29 is 19.1 Å². The van der Waals surface area contributed by atoms with Gasteiger partial charge in [0.15, 0.2) is 0 Å². The van der Waals surface area contributed by atoms with Crippen molar-refractivity contribution in [2.24, 2.45) is 0 Å². The number of carbonyl (C=O) groups excluding carboxylic acids is 1. The number of rotatable bonds is 5. The van der Waals surface area contributed by atoms with E-state index < -0.39 is 0 Å². The summed E-state index contributed by atoms with van der Waals surface area (Å²) < 4.78 is 10.6. The summed E-state index contributed by atoms with van der Waals surface area (Å²) in [6, 6.07) is 8.23. The lowest BCUT2D eigenvalue weighted by Gasteiger charge is -2.07. The van der Waals surface area contributed by atoms with E-state index in [4.69, 9.17) is 14.9 Å². The van der Waals surface area contributed by atoms with Crippen LogP contribution in [0.25, 0.3) is 11.0 Å². The molecule has 3 rings (SSSR count). The summed E-state index contributed by atoms with van der Waals surface area (Å²) in [5, 5.41) is 13.0. The number of methoxy groups -OCH3 is 1. The SMILES string of the molecule is COCc1ncc(C(=O)NCc2cc3ccc(O)cc3o2)cc1N. The molecule has 0 aliphatic carbocycles. The molecule has 1 amide bonds. The average Bonchev–Trinajstić information content (AvgIpc) is 2.96. The molecule has 7 heteroatoms. The zero-order valence-corrected chi connectivity index (χ0v) is 13.1. The maximum atomic E-state index is 12.2. The molecular weight excluding hydrogens is 310 g/mol. The van der Waals surface area contributed by atoms with Crippen LogP contribution in [-0.4, -0.2) is 23.1 Å². The van der Waals surface area contributed by atoms with E-state index >= 15 is 0 Å². The second-order valence-corrected chi connectivity index (χ2v) is 5.31. The molecule has 0 aliphatic rings. The Kier molecular flexibility index (Phi) is 4.35. The molecule has 4 N–H and O–H groups in total. The monoisotopic (exact) mass is 327 g/mol. The third-order valence-corrected chi connectivity index (χ3v) is 3.52. The molecular formula is C17H17N3O4. The predicted octanol–water partition coefficient (Wildman–Crippen LogP) is 2.19. The van der Waals surface area contributed by atoms with E-state index in [1.807, 2.05) is 6.07 Å². The molecule has 24 heavy (non-hydrogen) atoms. The number of hydrogen-bond donors (Lipinski definition) is 3. The Balaban J connectivity index is 1.69. The largest absolute Gasteiger partial charge is 0.508 e. The molecule has 0 fully saturated rings. The first-order chi connectivity index (χ1) is 11.6. The number of furan rings is 1. The first kappa shape index (κ1) is 15.8. The number of ether oxygens (including phenoxy) is 1. The zero-order valence-electron chi connectivity index (χ0n) is 13.1. The van der Waals surface area contributed by atoms with Gasteiger partial charge in [-0.25, -0.2) is 0 Å². The summed E-state index contributed by atoms with van der Waals surface area (Å²) in [5.41, 5.74) is 7.77. The minimum Gasteiger partial charge on any atom is -0.508 e. The molecule has 0 aliphatic heterocycles. The second-order valence-electron chi connectivity index (χ2n) is 5.31. The van der Waals surface area contributed by atoms with Crippen LogP contribution in [-0.2, 0) is 17.9 Å². The van der Waals surface area contributed by atoms with Crippen molar-refractivity contribution in [1.29, 1.82) is 0 Å². The van der Waals surface area contributed by atoms with Crippen LogP contribution < -0.4 is 11.1 Å². The summed E-state index contributed by atoms with van der Waals surface area (Å²) in [6.07, 6.45) is 1.46. The van der Waals surface area contributed by atoms with Gasteiger partial charge in [0, 0.05) is 24.8 Å². The lowest BCUT2D eigenvalue weighted by atomic mass is 10.2. The molecule has 0 bridgehead atoms. The number of fused-ring (bicyclic) bond motifs is 1. The highest BCUT2D eigenvalue weighted by molar-refractivity contribution is 5.94. The van der Waals surface area contributed by atoms with Crippen LogP contribution in [0.5, 0.6) is 5.75 Å². The predicted molar refractivity (Wildman–Crippen MR) is 88.4 cm³/mol. The van der Waals surface area contributed by atoms with Crippen molar-refractivity contribution in [2.75, 3.05) is 12.8 Å². The van der Waals surface area contributed by atoms with E-state index in [0.29, 0.717) is 34.9 Å². The summed E-state index contributed by atoms with van der Waals surface area (Å²) in [5.74, 6) is 0.410. The minimum absolute atomic E-state index is 0.130. The highest BCUT2D eigenvalue weighted by Gasteiger charge is 2.11. The molecule has 0 saturated heterocycles. The van der Waals surface area contributed by atoms with Gasteiger partial charge >= 0.3 is 0 Å². The number of hydrogen-bond acceptors (Lipinski definition) is 6. The fourth-order valence-corrected chi connectivity index (χ4v) is 2.32. The summed E-state index contributed by atoms with van der Waals surface area (Å²) in [6.45, 7) is 0.508. The number of aromatic hydroxyl groups is 1. The number of nitrogens with zero attached hydrogens (tertiary/aromatic N) is 1. The van der Waals surface area contributed by atoms with Crippen molar-refractivity contribution in [1.82, 2.24) is 10.3 Å². The van der Waals surface area contributed by atoms with Crippen LogP contribution in [0.15, 0.2) is 40.9 Å². The molecule has 0 saturated carbocycles. The lowest BCUT2D eigenvalue weighted by Crippen LogP contribution is -2.23. The van der Waals surface area contributed by atoms with Crippen molar-refractivity contribution in [3.05, 3.63) is 53.5 Å². The number of nitrogen functional groups attached to an aromatic ring is 1. The van der Waals surface area contributed by atoms with E-state index in [-0.39, 0.29) is 18.2 Å². The van der Waals surface area contributed by atoms with E-state index in [1.54, 1.807) is 25.3 Å². The van der Waals surface area contributed by atoms with Crippen molar-refractivity contribution >= 4 is 22.6 Å². The Labute approximate surface area is 138 Å². The summed E-state index contributed by atoms with van der Waals surface area (Å²) >= 11 is 0. The zero-order chi connectivity index (χ0) is 17.1. The maximum Gasteiger partial charge on any atom is 0.253 e. The van der Waals surface area contributed by atoms with Gasteiger partial charge in [0.2, 0.25) is 0 Å². The van der Waals surface area contributed by atoms with Crippen molar-refractivity contribution in [3.63, 3.8) is 0 Å². The van der Waals surface area contributed by atoms with Gasteiger partial charge in [0.25, 0.3) is 5.91 Å². The number of phenolic OH excluding ortho intramolecular Hbond substituents is 1. The number of benzene rings is 1. The van der Waals surface area contributed by atoms with Crippen LogP contribution in [0.1, 0.15) is 21.8 Å². The molecule has 0 unspecified atom stereocenters. The van der Waals surface area contributed by atoms with Crippen molar-refractivity contribution in [3.8, 4) is 5.75 Å². The van der Waals surface area contributed by atoms with Crippen LogP contribution in [0.3, 0.4) is 0 Å². The molecule has 7 nitrogen and oxygen atoms in total.